The molecule has 2 N–H and O–H groups in total. The van der Waals surface area contributed by atoms with Gasteiger partial charge in [-0.1, -0.05) is 11.3 Å². The molecule has 1 fully saturated rings. The average molecular weight is 256 g/mol. The zero-order valence-electron chi connectivity index (χ0n) is 9.76. The molecule has 7 heteroatoms. The summed E-state index contributed by atoms with van der Waals surface area (Å²) in [5.41, 5.74) is 5.47. The molecule has 2 heterocycles. The first-order valence-corrected chi connectivity index (χ1v) is 6.52. The minimum atomic E-state index is -0.114. The Labute approximate surface area is 104 Å². The summed E-state index contributed by atoms with van der Waals surface area (Å²) in [7, 11) is 0. The van der Waals surface area contributed by atoms with E-state index in [9.17, 15) is 4.79 Å². The number of carbonyl (C=O) groups excluding carboxylic acids is 1. The van der Waals surface area contributed by atoms with Gasteiger partial charge < -0.3 is 15.4 Å². The molecule has 0 bridgehead atoms. The fraction of sp³-hybridized carbons (Fsp3) is 0.700. The highest BCUT2D eigenvalue weighted by atomic mass is 32.1. The number of carbonyl (C=O) groups is 1. The largest absolute Gasteiger partial charge is 0.376 e. The molecule has 0 spiro atoms. The van der Waals surface area contributed by atoms with Gasteiger partial charge in [0, 0.05) is 19.7 Å². The SMILES string of the molecule is CCN(CC1CCCO1)C(=O)c1nnc(N)s1. The lowest BCUT2D eigenvalue weighted by atomic mass is 10.2. The van der Waals surface area contributed by atoms with Crippen LogP contribution in [0.1, 0.15) is 29.6 Å². The highest BCUT2D eigenvalue weighted by Crippen LogP contribution is 2.17. The molecule has 1 aliphatic heterocycles. The topological polar surface area (TPSA) is 81.3 Å². The summed E-state index contributed by atoms with van der Waals surface area (Å²) in [4.78, 5) is 13.8. The van der Waals surface area contributed by atoms with Crippen LogP contribution in [0.2, 0.25) is 0 Å². The van der Waals surface area contributed by atoms with Crippen LogP contribution in [0.25, 0.3) is 0 Å². The van der Waals surface area contributed by atoms with Gasteiger partial charge in [0.15, 0.2) is 0 Å². The van der Waals surface area contributed by atoms with Crippen molar-refractivity contribution in [3.63, 3.8) is 0 Å². The molecule has 1 aliphatic rings. The summed E-state index contributed by atoms with van der Waals surface area (Å²) in [6, 6.07) is 0. The van der Waals surface area contributed by atoms with Gasteiger partial charge in [-0.3, -0.25) is 4.79 Å². The summed E-state index contributed by atoms with van der Waals surface area (Å²) in [6.07, 6.45) is 2.24. The molecule has 2 rings (SSSR count). The smallest absolute Gasteiger partial charge is 0.284 e. The van der Waals surface area contributed by atoms with E-state index < -0.39 is 0 Å². The maximum atomic E-state index is 12.1. The maximum absolute atomic E-state index is 12.1. The monoisotopic (exact) mass is 256 g/mol. The minimum Gasteiger partial charge on any atom is -0.376 e. The number of rotatable bonds is 4. The van der Waals surface area contributed by atoms with Crippen LogP contribution in [0, 0.1) is 0 Å². The van der Waals surface area contributed by atoms with Gasteiger partial charge in [-0.2, -0.15) is 0 Å². The van der Waals surface area contributed by atoms with Crippen molar-refractivity contribution in [3.8, 4) is 0 Å². The first-order valence-electron chi connectivity index (χ1n) is 5.70. The normalized spacial score (nSPS) is 19.5. The molecule has 1 aromatic heterocycles. The van der Waals surface area contributed by atoms with Gasteiger partial charge in [0.25, 0.3) is 5.91 Å². The number of anilines is 1. The van der Waals surface area contributed by atoms with E-state index in [1.54, 1.807) is 4.90 Å². The predicted octanol–water partition coefficient (Wildman–Crippen LogP) is 0.761. The van der Waals surface area contributed by atoms with E-state index in [1.807, 2.05) is 6.92 Å². The summed E-state index contributed by atoms with van der Waals surface area (Å²) < 4.78 is 5.53. The van der Waals surface area contributed by atoms with Gasteiger partial charge in [0.2, 0.25) is 10.1 Å². The van der Waals surface area contributed by atoms with E-state index in [1.165, 1.54) is 0 Å². The molecule has 17 heavy (non-hydrogen) atoms. The molecule has 0 aliphatic carbocycles. The summed E-state index contributed by atoms with van der Waals surface area (Å²) in [5.74, 6) is -0.114. The third kappa shape index (κ3) is 2.92. The molecule has 1 saturated heterocycles. The lowest BCUT2D eigenvalue weighted by Gasteiger charge is -2.22. The lowest BCUT2D eigenvalue weighted by molar-refractivity contribution is 0.0538. The molecule has 0 aromatic carbocycles. The fourth-order valence-corrected chi connectivity index (χ4v) is 2.42. The Hall–Kier alpha value is -1.21. The van der Waals surface area contributed by atoms with E-state index >= 15 is 0 Å². The number of likely N-dealkylation sites (N-methyl/N-ethyl adjacent to an activating group) is 1. The molecule has 1 atom stereocenters. The van der Waals surface area contributed by atoms with E-state index in [0.717, 1.165) is 30.8 Å². The Morgan fingerprint density at radius 1 is 1.65 bits per heavy atom. The van der Waals surface area contributed by atoms with Crippen LogP contribution in [0.4, 0.5) is 5.13 Å². The first-order chi connectivity index (χ1) is 8.20. The number of amides is 1. The van der Waals surface area contributed by atoms with Crippen LogP contribution in [0.5, 0.6) is 0 Å². The highest BCUT2D eigenvalue weighted by Gasteiger charge is 2.24. The van der Waals surface area contributed by atoms with Crippen LogP contribution in [0.3, 0.4) is 0 Å². The molecular weight excluding hydrogens is 240 g/mol. The van der Waals surface area contributed by atoms with Crippen molar-refractivity contribution in [1.82, 2.24) is 15.1 Å². The molecule has 0 saturated carbocycles. The van der Waals surface area contributed by atoms with Crippen molar-refractivity contribution in [1.29, 1.82) is 0 Å². The van der Waals surface area contributed by atoms with Crippen LogP contribution in [-0.4, -0.2) is 46.8 Å². The number of hydrogen-bond donors (Lipinski definition) is 1. The van der Waals surface area contributed by atoms with Gasteiger partial charge in [-0.15, -0.1) is 10.2 Å². The molecule has 1 aromatic rings. The van der Waals surface area contributed by atoms with Crippen LogP contribution < -0.4 is 5.73 Å². The number of aromatic nitrogens is 2. The molecular formula is C10H16N4O2S. The number of hydrogen-bond acceptors (Lipinski definition) is 6. The van der Waals surface area contributed by atoms with Crippen molar-refractivity contribution in [2.45, 2.75) is 25.9 Å². The fourth-order valence-electron chi connectivity index (χ4n) is 1.85. The number of ether oxygens (including phenoxy) is 1. The quantitative estimate of drug-likeness (QED) is 0.860. The van der Waals surface area contributed by atoms with Crippen molar-refractivity contribution in [2.75, 3.05) is 25.4 Å². The van der Waals surface area contributed by atoms with Gasteiger partial charge >= 0.3 is 0 Å². The average Bonchev–Trinajstić information content (AvgIpc) is 2.96. The van der Waals surface area contributed by atoms with Crippen molar-refractivity contribution < 1.29 is 9.53 Å². The van der Waals surface area contributed by atoms with Crippen LogP contribution in [0.15, 0.2) is 0 Å². The number of nitrogens with two attached hydrogens (primary N) is 1. The second-order valence-corrected chi connectivity index (χ2v) is 4.93. The molecule has 94 valence electrons. The third-order valence-corrected chi connectivity index (χ3v) is 3.48. The van der Waals surface area contributed by atoms with E-state index in [-0.39, 0.29) is 12.0 Å². The maximum Gasteiger partial charge on any atom is 0.284 e. The van der Waals surface area contributed by atoms with Gasteiger partial charge in [0.1, 0.15) is 0 Å². The second kappa shape index (κ2) is 5.42. The van der Waals surface area contributed by atoms with Crippen LogP contribution >= 0.6 is 11.3 Å². The Kier molecular flexibility index (Phi) is 3.90. The minimum absolute atomic E-state index is 0.114. The Bertz CT molecular complexity index is 389. The predicted molar refractivity (Wildman–Crippen MR) is 64.9 cm³/mol. The van der Waals surface area contributed by atoms with Crippen LogP contribution in [-0.2, 0) is 4.74 Å². The van der Waals surface area contributed by atoms with Crippen molar-refractivity contribution in [3.05, 3.63) is 5.01 Å². The molecule has 6 nitrogen and oxygen atoms in total. The Morgan fingerprint density at radius 2 is 2.47 bits per heavy atom. The molecule has 1 unspecified atom stereocenters. The van der Waals surface area contributed by atoms with Gasteiger partial charge in [-0.05, 0) is 19.8 Å². The van der Waals surface area contributed by atoms with E-state index in [0.29, 0.717) is 23.2 Å². The molecule has 0 radical (unpaired) electrons. The van der Waals surface area contributed by atoms with Gasteiger partial charge in [-0.25, -0.2) is 0 Å². The third-order valence-electron chi connectivity index (χ3n) is 2.74. The molecule has 1 amide bonds. The van der Waals surface area contributed by atoms with Gasteiger partial charge in [0.05, 0.1) is 6.10 Å². The first kappa shape index (κ1) is 12.3. The Morgan fingerprint density at radius 3 is 3.00 bits per heavy atom. The number of nitrogen functional groups attached to an aromatic ring is 1. The lowest BCUT2D eigenvalue weighted by Crippen LogP contribution is -2.37. The highest BCUT2D eigenvalue weighted by molar-refractivity contribution is 7.16. The second-order valence-electron chi connectivity index (χ2n) is 3.92. The Balaban J connectivity index is 1.99. The number of nitrogens with zero attached hydrogens (tertiary/aromatic N) is 3. The summed E-state index contributed by atoms with van der Waals surface area (Å²) >= 11 is 1.12. The van der Waals surface area contributed by atoms with E-state index in [2.05, 4.69) is 10.2 Å². The van der Waals surface area contributed by atoms with E-state index in [4.69, 9.17) is 10.5 Å². The van der Waals surface area contributed by atoms with Crippen molar-refractivity contribution >= 4 is 22.4 Å². The zero-order valence-corrected chi connectivity index (χ0v) is 10.6. The van der Waals surface area contributed by atoms with Crippen molar-refractivity contribution in [2.24, 2.45) is 0 Å². The standard InChI is InChI=1S/C10H16N4O2S/c1-2-14(6-7-4-3-5-16-7)9(15)8-12-13-10(11)17-8/h7H,2-6H2,1H3,(H2,11,13). The zero-order chi connectivity index (χ0) is 12.3. The summed E-state index contributed by atoms with van der Waals surface area (Å²) in [5, 5.41) is 8.09. The summed E-state index contributed by atoms with van der Waals surface area (Å²) in [6.45, 7) is 3.99.